The predicted molar refractivity (Wildman–Crippen MR) is 92.1 cm³/mol. The molecule has 0 aliphatic carbocycles. The summed E-state index contributed by atoms with van der Waals surface area (Å²) in [6.07, 6.45) is 0. The Labute approximate surface area is 153 Å². The number of hydrogen-bond donors (Lipinski definition) is 1. The van der Waals surface area contributed by atoms with Gasteiger partial charge >= 0.3 is 6.61 Å². The summed E-state index contributed by atoms with van der Waals surface area (Å²) in [4.78, 5) is 12.4. The zero-order valence-corrected chi connectivity index (χ0v) is 14.9. The van der Waals surface area contributed by atoms with Gasteiger partial charge in [-0.25, -0.2) is 0 Å². The number of nitrogens with one attached hydrogen (secondary N) is 1. The second kappa shape index (κ2) is 8.57. The quantitative estimate of drug-likeness (QED) is 0.770. The van der Waals surface area contributed by atoms with Crippen LogP contribution in [0.4, 0.5) is 14.5 Å². The largest absolute Gasteiger partial charge is 0.493 e. The third-order valence-electron chi connectivity index (χ3n) is 3.36. The van der Waals surface area contributed by atoms with Gasteiger partial charge in [-0.2, -0.15) is 8.78 Å². The van der Waals surface area contributed by atoms with E-state index in [2.05, 4.69) is 10.1 Å². The number of carbonyl (C=O) groups excluding carboxylic acids is 1. The molecule has 1 N–H and O–H groups in total. The molecule has 0 atom stereocenters. The lowest BCUT2D eigenvalue weighted by molar-refractivity contribution is -0.0512. The van der Waals surface area contributed by atoms with Crippen molar-refractivity contribution in [2.75, 3.05) is 26.6 Å². The maximum Gasteiger partial charge on any atom is 0.387 e. The molecular weight excluding hydrogens is 372 g/mol. The first kappa shape index (κ1) is 19.6. The topological polar surface area (TPSA) is 66.0 Å². The van der Waals surface area contributed by atoms with Gasteiger partial charge in [-0.15, -0.1) is 0 Å². The highest BCUT2D eigenvalue weighted by molar-refractivity contribution is 6.34. The summed E-state index contributed by atoms with van der Waals surface area (Å²) >= 11 is 6.13. The summed E-state index contributed by atoms with van der Waals surface area (Å²) < 4.78 is 44.3. The van der Waals surface area contributed by atoms with Gasteiger partial charge < -0.3 is 24.3 Å². The highest BCUT2D eigenvalue weighted by Gasteiger charge is 2.16. The molecule has 0 spiro atoms. The van der Waals surface area contributed by atoms with E-state index in [1.165, 1.54) is 51.7 Å². The lowest BCUT2D eigenvalue weighted by Crippen LogP contribution is -2.13. The zero-order valence-electron chi connectivity index (χ0n) is 14.1. The van der Waals surface area contributed by atoms with Gasteiger partial charge in [0.25, 0.3) is 5.91 Å². The molecule has 6 nitrogen and oxygen atoms in total. The molecular formula is C17H16ClF2NO5. The van der Waals surface area contributed by atoms with Crippen molar-refractivity contribution in [1.29, 1.82) is 0 Å². The van der Waals surface area contributed by atoms with Gasteiger partial charge in [0.2, 0.25) is 0 Å². The van der Waals surface area contributed by atoms with E-state index < -0.39 is 12.5 Å². The monoisotopic (exact) mass is 387 g/mol. The summed E-state index contributed by atoms with van der Waals surface area (Å²) in [7, 11) is 4.19. The van der Waals surface area contributed by atoms with Crippen LogP contribution in [0.25, 0.3) is 0 Å². The minimum Gasteiger partial charge on any atom is -0.493 e. The maximum atomic E-state index is 12.4. The average Bonchev–Trinajstić information content (AvgIpc) is 2.62. The number of benzene rings is 2. The first-order chi connectivity index (χ1) is 12.4. The van der Waals surface area contributed by atoms with Crippen LogP contribution in [0.2, 0.25) is 5.02 Å². The molecule has 0 fully saturated rings. The number of amides is 1. The first-order valence-electron chi connectivity index (χ1n) is 7.25. The SMILES string of the molecule is COc1cc(Cl)c(NC(=O)c2ccc(OC(F)F)c(OC)c2)cc1OC. The Kier molecular flexibility index (Phi) is 6.46. The molecule has 0 aliphatic rings. The molecule has 0 saturated heterocycles. The smallest absolute Gasteiger partial charge is 0.387 e. The summed E-state index contributed by atoms with van der Waals surface area (Å²) in [5.74, 6) is 0.0803. The summed E-state index contributed by atoms with van der Waals surface area (Å²) in [6.45, 7) is -3.01. The van der Waals surface area contributed by atoms with E-state index in [9.17, 15) is 13.6 Å². The minimum absolute atomic E-state index is 0.00337. The van der Waals surface area contributed by atoms with Crippen molar-refractivity contribution < 1.29 is 32.5 Å². The van der Waals surface area contributed by atoms with Crippen molar-refractivity contribution in [3.8, 4) is 23.0 Å². The third-order valence-corrected chi connectivity index (χ3v) is 3.68. The van der Waals surface area contributed by atoms with E-state index in [1.807, 2.05) is 0 Å². The number of methoxy groups -OCH3 is 3. The molecule has 140 valence electrons. The summed E-state index contributed by atoms with van der Waals surface area (Å²) in [5.41, 5.74) is 0.454. The second-order valence-electron chi connectivity index (χ2n) is 4.89. The molecule has 0 saturated carbocycles. The summed E-state index contributed by atoms with van der Waals surface area (Å²) in [5, 5.41) is 2.85. The Morgan fingerprint density at radius 2 is 1.54 bits per heavy atom. The Hall–Kier alpha value is -2.74. The molecule has 0 heterocycles. The van der Waals surface area contributed by atoms with Gasteiger partial charge in [0.05, 0.1) is 32.0 Å². The number of alkyl halides is 2. The van der Waals surface area contributed by atoms with Crippen molar-refractivity contribution in [1.82, 2.24) is 0 Å². The lowest BCUT2D eigenvalue weighted by Gasteiger charge is -2.14. The highest BCUT2D eigenvalue weighted by atomic mass is 35.5. The Balaban J connectivity index is 2.27. The van der Waals surface area contributed by atoms with Crippen LogP contribution < -0.4 is 24.3 Å². The van der Waals surface area contributed by atoms with Gasteiger partial charge in [-0.1, -0.05) is 11.6 Å². The molecule has 1 amide bonds. The molecule has 0 unspecified atom stereocenters. The molecule has 0 aliphatic heterocycles. The second-order valence-corrected chi connectivity index (χ2v) is 5.29. The van der Waals surface area contributed by atoms with Crippen molar-refractivity contribution in [3.05, 3.63) is 40.9 Å². The van der Waals surface area contributed by atoms with Crippen LogP contribution in [-0.2, 0) is 0 Å². The zero-order chi connectivity index (χ0) is 19.3. The van der Waals surface area contributed by atoms with Gasteiger partial charge in [0.15, 0.2) is 23.0 Å². The van der Waals surface area contributed by atoms with Gasteiger partial charge in [0.1, 0.15) is 0 Å². The molecule has 0 aromatic heterocycles. The maximum absolute atomic E-state index is 12.4. The Morgan fingerprint density at radius 3 is 2.12 bits per heavy atom. The number of carbonyl (C=O) groups is 1. The van der Waals surface area contributed by atoms with Gasteiger partial charge in [0, 0.05) is 17.7 Å². The fourth-order valence-corrected chi connectivity index (χ4v) is 2.35. The van der Waals surface area contributed by atoms with Crippen molar-refractivity contribution in [2.24, 2.45) is 0 Å². The first-order valence-corrected chi connectivity index (χ1v) is 7.63. The number of anilines is 1. The highest BCUT2D eigenvalue weighted by Crippen LogP contribution is 2.36. The lowest BCUT2D eigenvalue weighted by atomic mass is 10.1. The summed E-state index contributed by atoms with van der Waals surface area (Å²) in [6, 6.07) is 6.82. The minimum atomic E-state index is -3.01. The van der Waals surface area contributed by atoms with Crippen molar-refractivity contribution in [2.45, 2.75) is 6.61 Å². The predicted octanol–water partition coefficient (Wildman–Crippen LogP) is 4.22. The molecule has 2 aromatic rings. The molecule has 2 aromatic carbocycles. The van der Waals surface area contributed by atoms with Crippen LogP contribution in [-0.4, -0.2) is 33.8 Å². The van der Waals surface area contributed by atoms with Crippen molar-refractivity contribution in [3.63, 3.8) is 0 Å². The molecule has 2 rings (SSSR count). The van der Waals surface area contributed by atoms with Crippen LogP contribution >= 0.6 is 11.6 Å². The third kappa shape index (κ3) is 4.45. The standard InChI is InChI=1S/C17H16ClF2NO5/c1-23-13-6-9(4-5-12(13)26-17(19)20)16(22)21-11-8-15(25-3)14(24-2)7-10(11)18/h4-8,17H,1-3H3,(H,21,22). The Morgan fingerprint density at radius 1 is 0.962 bits per heavy atom. The van der Waals surface area contributed by atoms with E-state index in [-0.39, 0.29) is 22.1 Å². The normalized spacial score (nSPS) is 10.4. The van der Waals surface area contributed by atoms with Gasteiger partial charge in [-0.3, -0.25) is 4.79 Å². The van der Waals surface area contributed by atoms with Gasteiger partial charge in [-0.05, 0) is 18.2 Å². The van der Waals surface area contributed by atoms with Crippen molar-refractivity contribution >= 4 is 23.2 Å². The van der Waals surface area contributed by atoms with Crippen LogP contribution in [0.15, 0.2) is 30.3 Å². The van der Waals surface area contributed by atoms with E-state index in [4.69, 9.17) is 25.8 Å². The fourth-order valence-electron chi connectivity index (χ4n) is 2.15. The molecule has 26 heavy (non-hydrogen) atoms. The van der Waals surface area contributed by atoms with E-state index in [0.717, 1.165) is 0 Å². The number of hydrogen-bond acceptors (Lipinski definition) is 5. The van der Waals surface area contributed by atoms with Crippen LogP contribution in [0.5, 0.6) is 23.0 Å². The van der Waals surface area contributed by atoms with Crippen LogP contribution in [0.3, 0.4) is 0 Å². The average molecular weight is 388 g/mol. The molecule has 0 bridgehead atoms. The molecule has 0 radical (unpaired) electrons. The number of ether oxygens (including phenoxy) is 4. The van der Waals surface area contributed by atoms with E-state index in [0.29, 0.717) is 17.2 Å². The number of halogens is 3. The Bertz CT molecular complexity index is 801. The number of rotatable bonds is 7. The molecule has 9 heteroatoms. The van der Waals surface area contributed by atoms with Crippen LogP contribution in [0.1, 0.15) is 10.4 Å². The van der Waals surface area contributed by atoms with E-state index >= 15 is 0 Å². The fraction of sp³-hybridized carbons (Fsp3) is 0.235. The van der Waals surface area contributed by atoms with Crippen LogP contribution in [0, 0.1) is 0 Å². The van der Waals surface area contributed by atoms with E-state index in [1.54, 1.807) is 0 Å².